The maximum atomic E-state index is 13.3. The van der Waals surface area contributed by atoms with E-state index in [4.69, 9.17) is 4.74 Å². The fourth-order valence-corrected chi connectivity index (χ4v) is 5.75. The van der Waals surface area contributed by atoms with E-state index in [-0.39, 0.29) is 12.2 Å². The molecule has 0 saturated heterocycles. The van der Waals surface area contributed by atoms with Gasteiger partial charge < -0.3 is 4.74 Å². The third-order valence-corrected chi connectivity index (χ3v) is 7.54. The fraction of sp³-hybridized carbons (Fsp3) is 0.731. The highest BCUT2D eigenvalue weighted by Crippen LogP contribution is 2.43. The zero-order chi connectivity index (χ0) is 22.2. The molecule has 0 radical (unpaired) electrons. The number of ether oxygens (including phenoxy) is 1. The topological polar surface area (TPSA) is 26.3 Å². The van der Waals surface area contributed by atoms with Gasteiger partial charge in [-0.2, -0.15) is 0 Å². The van der Waals surface area contributed by atoms with E-state index >= 15 is 0 Å². The number of hydrogen-bond donors (Lipinski definition) is 0. The molecule has 0 bridgehead atoms. The highest BCUT2D eigenvalue weighted by atomic mass is 19.2. The molecule has 2 saturated carbocycles. The van der Waals surface area contributed by atoms with Gasteiger partial charge in [-0.25, -0.2) is 13.2 Å². The Morgan fingerprint density at radius 3 is 2.29 bits per heavy atom. The largest absolute Gasteiger partial charge is 0.426 e. The summed E-state index contributed by atoms with van der Waals surface area (Å²) in [6.07, 6.45) is 16.7. The summed E-state index contributed by atoms with van der Waals surface area (Å²) in [7, 11) is 0. The molecule has 5 heteroatoms. The van der Waals surface area contributed by atoms with Crippen molar-refractivity contribution in [3.8, 4) is 5.75 Å². The molecule has 0 aromatic heterocycles. The van der Waals surface area contributed by atoms with E-state index < -0.39 is 23.4 Å². The van der Waals surface area contributed by atoms with E-state index in [1.165, 1.54) is 70.6 Å². The summed E-state index contributed by atoms with van der Waals surface area (Å²) in [5.74, 6) is -2.00. The van der Waals surface area contributed by atoms with Crippen LogP contribution < -0.4 is 4.74 Å². The van der Waals surface area contributed by atoms with Crippen molar-refractivity contribution in [2.24, 2.45) is 23.7 Å². The third kappa shape index (κ3) is 7.25. The SMILES string of the molecule is CCCCC[C@H]1CC[C@H]([C@H]2CCCC(CCC(=O)Oc3cc(F)c(F)c(F)c3)C2)CC1. The van der Waals surface area contributed by atoms with Crippen LogP contribution in [0.15, 0.2) is 12.1 Å². The molecule has 2 nitrogen and oxygen atoms in total. The van der Waals surface area contributed by atoms with E-state index in [1.807, 2.05) is 0 Å². The Morgan fingerprint density at radius 1 is 0.903 bits per heavy atom. The molecule has 2 aliphatic rings. The van der Waals surface area contributed by atoms with E-state index in [0.29, 0.717) is 18.1 Å². The molecular formula is C26H37F3O2. The highest BCUT2D eigenvalue weighted by Gasteiger charge is 2.31. The Morgan fingerprint density at radius 2 is 1.61 bits per heavy atom. The minimum atomic E-state index is -1.55. The molecule has 2 atom stereocenters. The van der Waals surface area contributed by atoms with Crippen molar-refractivity contribution in [1.82, 2.24) is 0 Å². The molecule has 31 heavy (non-hydrogen) atoms. The van der Waals surface area contributed by atoms with Gasteiger partial charge in [-0.15, -0.1) is 0 Å². The molecule has 1 unspecified atom stereocenters. The molecule has 1 aromatic rings. The number of carbonyl (C=O) groups is 1. The number of hydrogen-bond acceptors (Lipinski definition) is 2. The Kier molecular flexibility index (Phi) is 9.28. The van der Waals surface area contributed by atoms with Gasteiger partial charge in [-0.1, -0.05) is 64.7 Å². The zero-order valence-electron chi connectivity index (χ0n) is 18.8. The average molecular weight is 439 g/mol. The van der Waals surface area contributed by atoms with Crippen molar-refractivity contribution in [1.29, 1.82) is 0 Å². The minimum absolute atomic E-state index is 0.224. The van der Waals surface area contributed by atoms with Crippen LogP contribution in [0.4, 0.5) is 13.2 Å². The van der Waals surface area contributed by atoms with Crippen LogP contribution in [0.3, 0.4) is 0 Å². The van der Waals surface area contributed by atoms with E-state index in [1.54, 1.807) is 0 Å². The maximum absolute atomic E-state index is 13.3. The number of rotatable bonds is 9. The van der Waals surface area contributed by atoms with Crippen molar-refractivity contribution in [3.05, 3.63) is 29.6 Å². The third-order valence-electron chi connectivity index (χ3n) is 7.54. The van der Waals surface area contributed by atoms with Crippen LogP contribution >= 0.6 is 0 Å². The van der Waals surface area contributed by atoms with Crippen molar-refractivity contribution in [3.63, 3.8) is 0 Å². The lowest BCUT2D eigenvalue weighted by molar-refractivity contribution is -0.134. The van der Waals surface area contributed by atoms with Gasteiger partial charge in [-0.05, 0) is 49.4 Å². The first-order valence-corrected chi connectivity index (χ1v) is 12.3. The predicted molar refractivity (Wildman–Crippen MR) is 116 cm³/mol. The predicted octanol–water partition coefficient (Wildman–Crippen LogP) is 7.98. The van der Waals surface area contributed by atoms with Gasteiger partial charge in [0.05, 0.1) is 0 Å². The van der Waals surface area contributed by atoms with Gasteiger partial charge in [-0.3, -0.25) is 4.79 Å². The lowest BCUT2D eigenvalue weighted by Crippen LogP contribution is -2.27. The van der Waals surface area contributed by atoms with Crippen LogP contribution in [0.25, 0.3) is 0 Å². The Balaban J connectivity index is 1.39. The first-order chi connectivity index (χ1) is 15.0. The quantitative estimate of drug-likeness (QED) is 0.169. The zero-order valence-corrected chi connectivity index (χ0v) is 18.8. The number of carbonyl (C=O) groups excluding carboxylic acids is 1. The van der Waals surface area contributed by atoms with Gasteiger partial charge in [0.2, 0.25) is 0 Å². The second-order valence-electron chi connectivity index (χ2n) is 9.78. The molecule has 2 fully saturated rings. The van der Waals surface area contributed by atoms with Crippen LogP contribution in [0.2, 0.25) is 0 Å². The normalized spacial score (nSPS) is 26.6. The summed E-state index contributed by atoms with van der Waals surface area (Å²) in [6.45, 7) is 2.26. The summed E-state index contributed by atoms with van der Waals surface area (Å²) >= 11 is 0. The fourth-order valence-electron chi connectivity index (χ4n) is 5.75. The molecule has 174 valence electrons. The van der Waals surface area contributed by atoms with E-state index in [2.05, 4.69) is 6.92 Å². The Bertz CT molecular complexity index is 690. The van der Waals surface area contributed by atoms with Gasteiger partial charge >= 0.3 is 5.97 Å². The summed E-state index contributed by atoms with van der Waals surface area (Å²) < 4.78 is 44.6. The molecule has 1 aromatic carbocycles. The summed E-state index contributed by atoms with van der Waals surface area (Å²) in [5.41, 5.74) is 0. The van der Waals surface area contributed by atoms with Gasteiger partial charge in [0, 0.05) is 18.6 Å². The molecule has 3 rings (SSSR count). The number of unbranched alkanes of at least 4 members (excludes halogenated alkanes) is 2. The molecule has 2 aliphatic carbocycles. The van der Waals surface area contributed by atoms with Gasteiger partial charge in [0.15, 0.2) is 17.5 Å². The summed E-state index contributed by atoms with van der Waals surface area (Å²) in [6, 6.07) is 1.43. The maximum Gasteiger partial charge on any atom is 0.311 e. The van der Waals surface area contributed by atoms with Gasteiger partial charge in [0.25, 0.3) is 0 Å². The molecule has 0 N–H and O–H groups in total. The average Bonchev–Trinajstić information content (AvgIpc) is 2.77. The van der Waals surface area contributed by atoms with Crippen LogP contribution in [-0.4, -0.2) is 5.97 Å². The second kappa shape index (κ2) is 11.9. The monoisotopic (exact) mass is 438 g/mol. The van der Waals surface area contributed by atoms with E-state index in [0.717, 1.165) is 30.6 Å². The van der Waals surface area contributed by atoms with Crippen molar-refractivity contribution >= 4 is 5.97 Å². The number of benzene rings is 1. The van der Waals surface area contributed by atoms with Crippen LogP contribution in [-0.2, 0) is 4.79 Å². The standard InChI is InChI=1S/C26H37F3O2/c1-2-3-4-6-18-9-12-20(13-10-18)21-8-5-7-19(15-21)11-14-25(30)31-22-16-23(27)26(29)24(28)17-22/h16-21H,2-15H2,1H3/t18-,19?,20-,21-/m0/s1. The molecule has 0 spiro atoms. The molecule has 0 amide bonds. The van der Waals surface area contributed by atoms with E-state index in [9.17, 15) is 18.0 Å². The molecule has 0 aliphatic heterocycles. The minimum Gasteiger partial charge on any atom is -0.426 e. The lowest BCUT2D eigenvalue weighted by Gasteiger charge is -2.38. The van der Waals surface area contributed by atoms with Crippen molar-refractivity contribution in [2.45, 2.75) is 96.8 Å². The number of halogens is 3. The molecular weight excluding hydrogens is 401 g/mol. The first-order valence-electron chi connectivity index (χ1n) is 12.3. The lowest BCUT2D eigenvalue weighted by atomic mass is 9.67. The summed E-state index contributed by atoms with van der Waals surface area (Å²) in [4.78, 5) is 12.1. The molecule has 0 heterocycles. The van der Waals surface area contributed by atoms with Crippen LogP contribution in [0, 0.1) is 41.1 Å². The summed E-state index contributed by atoms with van der Waals surface area (Å²) in [5, 5.41) is 0. The van der Waals surface area contributed by atoms with Crippen molar-refractivity contribution < 1.29 is 22.7 Å². The van der Waals surface area contributed by atoms with Crippen molar-refractivity contribution in [2.75, 3.05) is 0 Å². The van der Waals surface area contributed by atoms with Crippen LogP contribution in [0.1, 0.15) is 96.8 Å². The highest BCUT2D eigenvalue weighted by molar-refractivity contribution is 5.72. The smallest absolute Gasteiger partial charge is 0.311 e. The van der Waals surface area contributed by atoms with Gasteiger partial charge in [0.1, 0.15) is 5.75 Å². The first kappa shape index (κ1) is 24.1. The Labute approximate surface area is 184 Å². The Hall–Kier alpha value is -1.52. The second-order valence-corrected chi connectivity index (χ2v) is 9.78. The number of esters is 1. The van der Waals surface area contributed by atoms with Crippen LogP contribution in [0.5, 0.6) is 5.75 Å².